The lowest BCUT2D eigenvalue weighted by atomic mass is 9.83. The molecule has 7 amide bonds. The van der Waals surface area contributed by atoms with Crippen LogP contribution in [-0.4, -0.2) is 190 Å². The molecule has 23 heteroatoms. The number of aliphatic hydroxyl groups is 1. The number of hydrogen-bond donors (Lipinski definition) is 5. The third-order valence-corrected chi connectivity index (χ3v) is 17.7. The van der Waals surface area contributed by atoms with Crippen LogP contribution in [0.5, 0.6) is 0 Å². The second kappa shape index (κ2) is 41.8. The van der Waals surface area contributed by atoms with Gasteiger partial charge >= 0.3 is 12.1 Å². The van der Waals surface area contributed by atoms with E-state index in [9.17, 15) is 48.3 Å². The molecule has 1 heterocycles. The summed E-state index contributed by atoms with van der Waals surface area (Å²) in [6, 6.07) is 12.2. The predicted octanol–water partition coefficient (Wildman–Crippen LogP) is 7.55. The van der Waals surface area contributed by atoms with Crippen LogP contribution in [0.3, 0.4) is 0 Å². The van der Waals surface area contributed by atoms with Crippen LogP contribution in [0.25, 0.3) is 0 Å². The maximum Gasteiger partial charge on any atom is 0.410 e. The van der Waals surface area contributed by atoms with E-state index in [0.29, 0.717) is 56.7 Å². The Morgan fingerprint density at radius 2 is 1.40 bits per heavy atom. The second-order valence-corrected chi connectivity index (χ2v) is 25.7. The smallest absolute Gasteiger partial charge is 0.410 e. The standard InChI is InChI=1S/C70H109N7O16/c1-16-33-90-34-35-91-36-37-92-43-60(81)74-62(45(5)6)57(79)39-52(25-21-31-72-69(71)86)67(84)73-53-29-27-50(28-30-53)42-93-70(87)76(13)63(46(7)8)58(80)40-54(44(3)4)68(85)75(12)64(47(9)17-2)59(88-14)41-61(82)77-32-22-26-55(77)66(89-15)49(11)56(78)38-48(10)65(83)51-23-19-18-20-24-51/h1,18-20,23-24,27-30,44-49,52,54-55,59,62-66,83H,17,21-22,25-26,31-43H2,2-15H3,(H,73,84)(H,74,81)(H3,71,72,86)/t47?,48-,49-,52?,54-,55-,59+,62-,63-,64-,65+,66+/m0/s1. The lowest BCUT2D eigenvalue weighted by molar-refractivity contribution is -0.149. The molecule has 12 atom stereocenters. The van der Waals surface area contributed by atoms with Crippen LogP contribution in [0.4, 0.5) is 15.3 Å². The molecule has 1 saturated heterocycles. The van der Waals surface area contributed by atoms with Gasteiger partial charge in [0.15, 0.2) is 11.6 Å². The number of amides is 7. The number of nitrogens with two attached hydrogens (primary N) is 1. The maximum absolute atomic E-state index is 14.9. The third-order valence-electron chi connectivity index (χ3n) is 17.7. The summed E-state index contributed by atoms with van der Waals surface area (Å²) < 4.78 is 33.8. The zero-order valence-electron chi connectivity index (χ0n) is 57.7. The molecule has 1 fully saturated rings. The minimum absolute atomic E-state index is 0.0518. The molecule has 0 spiro atoms. The first kappa shape index (κ1) is 80.4. The monoisotopic (exact) mass is 1300 g/mol. The molecule has 3 rings (SSSR count). The number of aliphatic hydroxyl groups excluding tert-OH is 1. The number of anilines is 1. The van der Waals surface area contributed by atoms with Crippen molar-refractivity contribution in [3.63, 3.8) is 0 Å². The van der Waals surface area contributed by atoms with Crippen LogP contribution in [0, 0.1) is 59.7 Å². The zero-order chi connectivity index (χ0) is 69.5. The van der Waals surface area contributed by atoms with E-state index in [2.05, 4.69) is 21.9 Å². The Bertz CT molecular complexity index is 2710. The number of benzene rings is 2. The molecule has 520 valence electrons. The minimum atomic E-state index is -0.962. The Morgan fingerprint density at radius 1 is 0.753 bits per heavy atom. The molecule has 23 nitrogen and oxygen atoms in total. The summed E-state index contributed by atoms with van der Waals surface area (Å²) in [5.41, 5.74) is 6.94. The predicted molar refractivity (Wildman–Crippen MR) is 354 cm³/mol. The van der Waals surface area contributed by atoms with E-state index >= 15 is 0 Å². The number of ketones is 3. The molecule has 93 heavy (non-hydrogen) atoms. The highest BCUT2D eigenvalue weighted by atomic mass is 16.6. The third kappa shape index (κ3) is 26.1. The summed E-state index contributed by atoms with van der Waals surface area (Å²) in [7, 11) is 6.24. The number of nitrogens with zero attached hydrogens (tertiary/aromatic N) is 3. The lowest BCUT2D eigenvalue weighted by Gasteiger charge is -2.41. The first-order chi connectivity index (χ1) is 44.1. The summed E-state index contributed by atoms with van der Waals surface area (Å²) in [6.45, 7) is 19.8. The molecule has 1 aliphatic rings. The molecular weight excluding hydrogens is 1190 g/mol. The van der Waals surface area contributed by atoms with Crippen molar-refractivity contribution < 1.29 is 76.7 Å². The van der Waals surface area contributed by atoms with E-state index in [1.807, 2.05) is 85.7 Å². The minimum Gasteiger partial charge on any atom is -0.445 e. The highest BCUT2D eigenvalue weighted by molar-refractivity contribution is 5.97. The number of methoxy groups -OCH3 is 2. The van der Waals surface area contributed by atoms with Crippen LogP contribution in [0.15, 0.2) is 54.6 Å². The summed E-state index contributed by atoms with van der Waals surface area (Å²) in [6.07, 6.45) is 4.42. The average Bonchev–Trinajstić information content (AvgIpc) is 1.82. The van der Waals surface area contributed by atoms with Gasteiger partial charge in [0, 0.05) is 84.1 Å². The number of carbonyl (C=O) groups excluding carboxylic acids is 9. The van der Waals surface area contributed by atoms with Crippen LogP contribution in [0.2, 0.25) is 0 Å². The number of urea groups is 1. The largest absolute Gasteiger partial charge is 0.445 e. The zero-order valence-corrected chi connectivity index (χ0v) is 57.7. The van der Waals surface area contributed by atoms with Gasteiger partial charge in [-0.3, -0.25) is 33.6 Å². The van der Waals surface area contributed by atoms with Gasteiger partial charge in [-0.1, -0.05) is 124 Å². The number of carbonyl (C=O) groups is 9. The van der Waals surface area contributed by atoms with Crippen LogP contribution < -0.4 is 21.7 Å². The van der Waals surface area contributed by atoms with Crippen LogP contribution in [0.1, 0.15) is 144 Å². The number of nitrogens with one attached hydrogen (secondary N) is 3. The fourth-order valence-corrected chi connectivity index (χ4v) is 12.2. The van der Waals surface area contributed by atoms with Crippen molar-refractivity contribution in [3.05, 3.63) is 65.7 Å². The highest BCUT2D eigenvalue weighted by Gasteiger charge is 2.44. The number of primary amides is 1. The summed E-state index contributed by atoms with van der Waals surface area (Å²) >= 11 is 0. The van der Waals surface area contributed by atoms with Crippen molar-refractivity contribution in [2.75, 3.05) is 86.4 Å². The van der Waals surface area contributed by atoms with Crippen molar-refractivity contribution in [1.82, 2.24) is 25.3 Å². The van der Waals surface area contributed by atoms with Crippen molar-refractivity contribution in [1.29, 1.82) is 0 Å². The molecule has 0 aliphatic carbocycles. The van der Waals surface area contributed by atoms with Crippen molar-refractivity contribution in [2.45, 2.75) is 176 Å². The van der Waals surface area contributed by atoms with Gasteiger partial charge in [-0.15, -0.1) is 6.42 Å². The van der Waals surface area contributed by atoms with E-state index in [1.54, 1.807) is 62.1 Å². The fraction of sp³-hybridized carbons (Fsp3) is 0.671. The average molecular weight is 1300 g/mol. The number of ether oxygens (including phenoxy) is 6. The summed E-state index contributed by atoms with van der Waals surface area (Å²) in [4.78, 5) is 128. The molecule has 0 saturated carbocycles. The number of likely N-dealkylation sites (N-methyl/N-ethyl adjacent to an activating group) is 2. The molecule has 2 unspecified atom stereocenters. The molecule has 0 bridgehead atoms. The van der Waals surface area contributed by atoms with E-state index in [1.165, 1.54) is 19.1 Å². The van der Waals surface area contributed by atoms with Crippen LogP contribution >= 0.6 is 0 Å². The van der Waals surface area contributed by atoms with Crippen molar-refractivity contribution >= 4 is 58.8 Å². The molecule has 0 radical (unpaired) electrons. The normalized spacial score (nSPS) is 16.7. The Kier molecular flexibility index (Phi) is 36.1. The van der Waals surface area contributed by atoms with Crippen LogP contribution in [-0.2, 0) is 68.6 Å². The number of likely N-dealkylation sites (tertiary alicyclic amines) is 1. The summed E-state index contributed by atoms with van der Waals surface area (Å²) in [5.74, 6) is -3.60. The molecule has 1 aliphatic heterocycles. The van der Waals surface area contributed by atoms with Gasteiger partial charge in [-0.25, -0.2) is 9.59 Å². The lowest BCUT2D eigenvalue weighted by Crippen LogP contribution is -2.54. The Labute approximate surface area is 552 Å². The number of terminal acetylenes is 1. The van der Waals surface area contributed by atoms with Crippen molar-refractivity contribution in [3.8, 4) is 12.3 Å². The second-order valence-electron chi connectivity index (χ2n) is 25.7. The van der Waals surface area contributed by atoms with E-state index in [-0.39, 0.29) is 136 Å². The Morgan fingerprint density at radius 3 is 1.98 bits per heavy atom. The first-order valence-electron chi connectivity index (χ1n) is 32.9. The SMILES string of the molecule is C#CCOCCOCCOCC(=O)N[C@H](C(=O)CC(CCCNC(N)=O)C(=O)Nc1ccc(COC(=O)N(C)[C@H](C(=O)C[C@H](C(=O)N(C)[C@@H](C(C)CC)[C@@H](CC(=O)N2CCC[C@H]2[C@H](OC)[C@@H](C)C(=O)C[C@H](C)[C@@H](O)c2ccccc2)OC)C(C)C)C(C)C)cc1)C(C)C. The highest BCUT2D eigenvalue weighted by Crippen LogP contribution is 2.33. The molecule has 2 aromatic carbocycles. The van der Waals surface area contributed by atoms with E-state index in [4.69, 9.17) is 40.6 Å². The van der Waals surface area contributed by atoms with Gasteiger partial charge in [-0.05, 0) is 78.5 Å². The topological polar surface area (TPSA) is 301 Å². The number of Topliss-reactive ketones (excluding diaryl/α,β-unsaturated/α-hetero) is 3. The van der Waals surface area contributed by atoms with Gasteiger partial charge in [-0.2, -0.15) is 0 Å². The molecule has 0 aromatic heterocycles. The number of hydrogen-bond acceptors (Lipinski definition) is 16. The van der Waals surface area contributed by atoms with Crippen molar-refractivity contribution in [2.24, 2.45) is 53.1 Å². The maximum atomic E-state index is 14.9. The quantitative estimate of drug-likeness (QED) is 0.0316. The van der Waals surface area contributed by atoms with Gasteiger partial charge in [0.2, 0.25) is 23.6 Å². The molecular formula is C70H109N7O16. The van der Waals surface area contributed by atoms with Gasteiger partial charge in [0.1, 0.15) is 25.6 Å². The first-order valence-corrected chi connectivity index (χ1v) is 32.9. The summed E-state index contributed by atoms with van der Waals surface area (Å²) in [5, 5.41) is 19.1. The van der Waals surface area contributed by atoms with E-state index < -0.39 is 78.1 Å². The van der Waals surface area contributed by atoms with Gasteiger partial charge < -0.3 is 69.9 Å². The Hall–Kier alpha value is -6.81. The van der Waals surface area contributed by atoms with Gasteiger partial charge in [0.25, 0.3) is 0 Å². The van der Waals surface area contributed by atoms with Gasteiger partial charge in [0.05, 0.1) is 75.3 Å². The Balaban J connectivity index is 1.68. The number of rotatable bonds is 44. The van der Waals surface area contributed by atoms with E-state index in [0.717, 1.165) is 5.56 Å². The molecule has 6 N–H and O–H groups in total. The molecule has 2 aromatic rings. The fourth-order valence-electron chi connectivity index (χ4n) is 12.2.